The first-order chi connectivity index (χ1) is 18.2. The molecular formula is C24H24F2N6O5S. The second kappa shape index (κ2) is 10.6. The van der Waals surface area contributed by atoms with Gasteiger partial charge in [0, 0.05) is 62.2 Å². The fourth-order valence-corrected chi connectivity index (χ4v) is 5.90. The maximum Gasteiger partial charge on any atom is 0.260 e. The number of fused-ring (bicyclic) bond motifs is 1. The first kappa shape index (κ1) is 25.9. The predicted molar refractivity (Wildman–Crippen MR) is 131 cm³/mol. The number of anilines is 2. The Kier molecular flexibility index (Phi) is 7.19. The number of benzene rings is 1. The number of pyridine rings is 1. The Morgan fingerprint density at radius 2 is 1.82 bits per heavy atom. The third kappa shape index (κ3) is 5.28. The Morgan fingerprint density at radius 3 is 2.55 bits per heavy atom. The number of aromatic nitrogens is 3. The Labute approximate surface area is 216 Å². The van der Waals surface area contributed by atoms with Crippen LogP contribution in [0.3, 0.4) is 0 Å². The molecule has 5 rings (SSSR count). The van der Waals surface area contributed by atoms with Gasteiger partial charge in [-0.2, -0.15) is 9.40 Å². The zero-order valence-corrected chi connectivity index (χ0v) is 20.9. The molecule has 1 aromatic carbocycles. The van der Waals surface area contributed by atoms with Crippen LogP contribution in [0.4, 0.5) is 20.4 Å². The molecule has 11 nitrogen and oxygen atoms in total. The molecule has 0 aliphatic carbocycles. The minimum Gasteiger partial charge on any atom is -0.381 e. The maximum absolute atomic E-state index is 13.7. The standard InChI is InChI=1S/C24H24F2N6O5S/c25-15-10-16(26)12-17(11-15)38(35,36)32-7-3-20-19(13-32)22(31-30-20)29-24(34)18-2-1-6-27-21(18)28-23(33)14-4-8-37-9-5-14/h1-2,6,10-12,14H,3-5,7-9,13H2,(H,27,28,33)(H2,29,30,31,34). The van der Waals surface area contributed by atoms with Gasteiger partial charge < -0.3 is 15.4 Å². The summed E-state index contributed by atoms with van der Waals surface area (Å²) in [6.45, 7) is 0.841. The molecule has 0 atom stereocenters. The summed E-state index contributed by atoms with van der Waals surface area (Å²) >= 11 is 0. The average Bonchev–Trinajstić information content (AvgIpc) is 3.30. The minimum absolute atomic E-state index is 0.0496. The van der Waals surface area contributed by atoms with E-state index in [4.69, 9.17) is 4.74 Å². The lowest BCUT2D eigenvalue weighted by Crippen LogP contribution is -2.36. The molecule has 2 amide bonds. The third-order valence-corrected chi connectivity index (χ3v) is 8.31. The lowest BCUT2D eigenvalue weighted by atomic mass is 9.99. The van der Waals surface area contributed by atoms with Crippen molar-refractivity contribution in [2.75, 3.05) is 30.4 Å². The van der Waals surface area contributed by atoms with E-state index in [0.717, 1.165) is 16.4 Å². The van der Waals surface area contributed by atoms with Crippen LogP contribution < -0.4 is 10.6 Å². The molecule has 0 bridgehead atoms. The minimum atomic E-state index is -4.22. The summed E-state index contributed by atoms with van der Waals surface area (Å²) in [5.74, 6) is -2.94. The summed E-state index contributed by atoms with van der Waals surface area (Å²) in [6.07, 6.45) is 2.84. The van der Waals surface area contributed by atoms with E-state index in [1.807, 2.05) is 0 Å². The van der Waals surface area contributed by atoms with Gasteiger partial charge in [0.15, 0.2) is 5.82 Å². The number of rotatable bonds is 6. The second-order valence-corrected chi connectivity index (χ2v) is 10.9. The highest BCUT2D eigenvalue weighted by molar-refractivity contribution is 7.89. The molecule has 0 saturated carbocycles. The quantitative estimate of drug-likeness (QED) is 0.430. The largest absolute Gasteiger partial charge is 0.381 e. The van der Waals surface area contributed by atoms with E-state index in [9.17, 15) is 26.8 Å². The molecule has 0 unspecified atom stereocenters. The highest BCUT2D eigenvalue weighted by Gasteiger charge is 2.32. The van der Waals surface area contributed by atoms with E-state index < -0.39 is 32.5 Å². The summed E-state index contributed by atoms with van der Waals surface area (Å²) < 4.78 is 59.9. The number of ether oxygens (including phenoxy) is 1. The molecule has 14 heteroatoms. The number of carbonyl (C=O) groups excluding carboxylic acids is 2. The Balaban J connectivity index is 1.34. The van der Waals surface area contributed by atoms with Gasteiger partial charge in [0.2, 0.25) is 15.9 Å². The maximum atomic E-state index is 13.7. The van der Waals surface area contributed by atoms with Crippen LogP contribution in [0.1, 0.15) is 34.5 Å². The number of sulfonamides is 1. The van der Waals surface area contributed by atoms with Crippen LogP contribution in [0.5, 0.6) is 0 Å². The van der Waals surface area contributed by atoms with Gasteiger partial charge in [0.05, 0.1) is 10.5 Å². The number of carbonyl (C=O) groups is 2. The summed E-state index contributed by atoms with van der Waals surface area (Å²) in [4.78, 5) is 29.5. The van der Waals surface area contributed by atoms with E-state index in [1.165, 1.54) is 12.3 Å². The molecule has 1 saturated heterocycles. The molecule has 2 aliphatic rings. The first-order valence-corrected chi connectivity index (χ1v) is 13.3. The molecule has 3 N–H and O–H groups in total. The fraction of sp³-hybridized carbons (Fsp3) is 0.333. The van der Waals surface area contributed by atoms with Crippen LogP contribution in [-0.2, 0) is 32.5 Å². The topological polar surface area (TPSA) is 146 Å². The normalized spacial score (nSPS) is 16.6. The smallest absolute Gasteiger partial charge is 0.260 e. The molecule has 38 heavy (non-hydrogen) atoms. The lowest BCUT2D eigenvalue weighted by molar-refractivity contribution is -0.122. The monoisotopic (exact) mass is 546 g/mol. The average molecular weight is 547 g/mol. The van der Waals surface area contributed by atoms with E-state index in [2.05, 4.69) is 25.8 Å². The van der Waals surface area contributed by atoms with E-state index in [0.29, 0.717) is 43.4 Å². The van der Waals surface area contributed by atoms with Gasteiger partial charge in [-0.3, -0.25) is 14.7 Å². The van der Waals surface area contributed by atoms with Gasteiger partial charge in [-0.25, -0.2) is 22.2 Å². The molecule has 2 aromatic heterocycles. The van der Waals surface area contributed by atoms with Crippen molar-refractivity contribution in [1.29, 1.82) is 0 Å². The van der Waals surface area contributed by atoms with Gasteiger partial charge in [-0.1, -0.05) is 0 Å². The van der Waals surface area contributed by atoms with Crippen molar-refractivity contribution in [3.05, 3.63) is 65.0 Å². The van der Waals surface area contributed by atoms with Crippen LogP contribution >= 0.6 is 0 Å². The highest BCUT2D eigenvalue weighted by Crippen LogP contribution is 2.29. The number of halogens is 2. The second-order valence-electron chi connectivity index (χ2n) is 8.95. The van der Waals surface area contributed by atoms with Gasteiger partial charge >= 0.3 is 0 Å². The Morgan fingerprint density at radius 1 is 1.08 bits per heavy atom. The van der Waals surface area contributed by atoms with Crippen LogP contribution in [0.25, 0.3) is 0 Å². The van der Waals surface area contributed by atoms with Gasteiger partial charge in [0.1, 0.15) is 17.5 Å². The number of hydrogen-bond donors (Lipinski definition) is 3. The van der Waals surface area contributed by atoms with Crippen LogP contribution in [0, 0.1) is 17.6 Å². The molecule has 1 fully saturated rings. The molecule has 0 spiro atoms. The summed E-state index contributed by atoms with van der Waals surface area (Å²) in [6, 6.07) is 5.15. The van der Waals surface area contributed by atoms with Crippen LogP contribution in [-0.4, -0.2) is 59.5 Å². The number of H-pyrrole nitrogens is 1. The number of nitrogens with one attached hydrogen (secondary N) is 3. The third-order valence-electron chi connectivity index (χ3n) is 6.49. The van der Waals surface area contributed by atoms with Crippen molar-refractivity contribution < 1.29 is 31.5 Å². The highest BCUT2D eigenvalue weighted by atomic mass is 32.2. The van der Waals surface area contributed by atoms with Crippen molar-refractivity contribution in [2.24, 2.45) is 5.92 Å². The molecule has 200 valence electrons. The zero-order valence-electron chi connectivity index (χ0n) is 20.0. The van der Waals surface area contributed by atoms with E-state index in [1.54, 1.807) is 6.07 Å². The first-order valence-electron chi connectivity index (χ1n) is 11.9. The van der Waals surface area contributed by atoms with Gasteiger partial charge in [-0.15, -0.1) is 0 Å². The van der Waals surface area contributed by atoms with Crippen molar-refractivity contribution in [3.63, 3.8) is 0 Å². The SMILES string of the molecule is O=C(Nc1n[nH]c2c1CN(S(=O)(=O)c1cc(F)cc(F)c1)CC2)c1cccnc1NC(=O)C1CCOCC1. The van der Waals surface area contributed by atoms with E-state index >= 15 is 0 Å². The molecule has 4 heterocycles. The number of nitrogens with zero attached hydrogens (tertiary/aromatic N) is 3. The van der Waals surface area contributed by atoms with Gasteiger partial charge in [0.25, 0.3) is 5.91 Å². The Hall–Kier alpha value is -3.75. The lowest BCUT2D eigenvalue weighted by Gasteiger charge is -2.26. The number of amides is 2. The predicted octanol–water partition coefficient (Wildman–Crippen LogP) is 2.45. The van der Waals surface area contributed by atoms with Crippen molar-refractivity contribution in [3.8, 4) is 0 Å². The van der Waals surface area contributed by atoms with Crippen molar-refractivity contribution in [1.82, 2.24) is 19.5 Å². The zero-order chi connectivity index (χ0) is 26.9. The molecule has 0 radical (unpaired) electrons. The van der Waals surface area contributed by atoms with Crippen LogP contribution in [0.2, 0.25) is 0 Å². The van der Waals surface area contributed by atoms with Crippen LogP contribution in [0.15, 0.2) is 41.4 Å². The van der Waals surface area contributed by atoms with Gasteiger partial charge in [-0.05, 0) is 37.1 Å². The molecular weight excluding hydrogens is 522 g/mol. The summed E-state index contributed by atoms with van der Waals surface area (Å²) in [7, 11) is -4.22. The Bertz CT molecular complexity index is 1470. The summed E-state index contributed by atoms with van der Waals surface area (Å²) in [5, 5.41) is 12.3. The number of hydrogen-bond acceptors (Lipinski definition) is 7. The molecule has 2 aliphatic heterocycles. The van der Waals surface area contributed by atoms with E-state index in [-0.39, 0.29) is 48.5 Å². The molecule has 3 aromatic rings. The van der Waals surface area contributed by atoms with Crippen molar-refractivity contribution >= 4 is 33.5 Å². The summed E-state index contributed by atoms with van der Waals surface area (Å²) in [5.41, 5.74) is 1.14. The fourth-order valence-electron chi connectivity index (χ4n) is 4.45. The number of aromatic amines is 1. The van der Waals surface area contributed by atoms with Crippen molar-refractivity contribution in [2.45, 2.75) is 30.7 Å².